The number of nitrogens with zero attached hydrogens (tertiary/aromatic N) is 2. The van der Waals surface area contributed by atoms with Gasteiger partial charge in [-0.1, -0.05) is 0 Å². The zero-order valence-corrected chi connectivity index (χ0v) is 13.4. The number of halogens is 2. The number of carbonyl (C=O) groups excluding carboxylic acids is 1. The molecule has 1 amide bonds. The summed E-state index contributed by atoms with van der Waals surface area (Å²) in [6.45, 7) is 1.61. The van der Waals surface area contributed by atoms with Gasteiger partial charge in [0.25, 0.3) is 5.91 Å². The minimum atomic E-state index is 0.0678. The normalized spacial score (nSPS) is 10.9. The second-order valence-corrected chi connectivity index (χ2v) is 6.99. The maximum atomic E-state index is 12.0. The van der Waals surface area contributed by atoms with Crippen LogP contribution in [-0.2, 0) is 0 Å². The standard InChI is InChI=1S/C10H14Br2N2OS/c1-13(2)4-5-14(3)10(15)8-6-7(11)9(12)16-8/h6H,4-5H2,1-3H3. The van der Waals surface area contributed by atoms with Gasteiger partial charge < -0.3 is 9.80 Å². The van der Waals surface area contributed by atoms with Crippen LogP contribution in [0.25, 0.3) is 0 Å². The van der Waals surface area contributed by atoms with Crippen LogP contribution in [0.5, 0.6) is 0 Å². The SMILES string of the molecule is CN(C)CCN(C)C(=O)c1cc(Br)c(Br)s1. The molecular formula is C10H14Br2N2OS. The molecule has 1 heterocycles. The Morgan fingerprint density at radius 2 is 1.94 bits per heavy atom. The Kier molecular flexibility index (Phi) is 5.43. The summed E-state index contributed by atoms with van der Waals surface area (Å²) in [4.78, 5) is 16.5. The van der Waals surface area contributed by atoms with Crippen LogP contribution in [-0.4, -0.2) is 49.9 Å². The summed E-state index contributed by atoms with van der Waals surface area (Å²) in [5.41, 5.74) is 0. The smallest absolute Gasteiger partial charge is 0.263 e. The molecule has 0 N–H and O–H groups in total. The van der Waals surface area contributed by atoms with Crippen LogP contribution in [0, 0.1) is 0 Å². The highest BCUT2D eigenvalue weighted by atomic mass is 79.9. The molecule has 0 aliphatic rings. The highest BCUT2D eigenvalue weighted by Gasteiger charge is 2.15. The van der Waals surface area contributed by atoms with E-state index in [1.165, 1.54) is 11.3 Å². The lowest BCUT2D eigenvalue weighted by atomic mass is 10.4. The monoisotopic (exact) mass is 368 g/mol. The molecule has 0 aliphatic carbocycles. The van der Waals surface area contributed by atoms with Crippen molar-refractivity contribution in [2.75, 3.05) is 34.2 Å². The molecule has 0 aromatic carbocycles. The van der Waals surface area contributed by atoms with Gasteiger partial charge in [-0.05, 0) is 52.0 Å². The lowest BCUT2D eigenvalue weighted by Crippen LogP contribution is -2.33. The third-order valence-corrected chi connectivity index (χ3v) is 5.33. The summed E-state index contributed by atoms with van der Waals surface area (Å²) in [5.74, 6) is 0.0678. The van der Waals surface area contributed by atoms with Gasteiger partial charge in [0, 0.05) is 24.6 Å². The van der Waals surface area contributed by atoms with Crippen molar-refractivity contribution in [1.29, 1.82) is 0 Å². The zero-order valence-electron chi connectivity index (χ0n) is 9.46. The minimum Gasteiger partial charge on any atom is -0.340 e. The van der Waals surface area contributed by atoms with E-state index >= 15 is 0 Å². The first-order valence-electron chi connectivity index (χ1n) is 4.77. The first-order chi connectivity index (χ1) is 7.41. The molecule has 0 atom stereocenters. The Bertz CT molecular complexity index is 359. The average molecular weight is 370 g/mol. The molecular weight excluding hydrogens is 356 g/mol. The Hall–Kier alpha value is 0.0900. The first-order valence-corrected chi connectivity index (χ1v) is 7.17. The van der Waals surface area contributed by atoms with Crippen molar-refractivity contribution in [2.24, 2.45) is 0 Å². The highest BCUT2D eigenvalue weighted by molar-refractivity contribution is 9.13. The number of hydrogen-bond donors (Lipinski definition) is 0. The van der Waals surface area contributed by atoms with E-state index in [4.69, 9.17) is 0 Å². The van der Waals surface area contributed by atoms with Crippen molar-refractivity contribution in [3.63, 3.8) is 0 Å². The molecule has 0 aliphatic heterocycles. The first kappa shape index (κ1) is 14.2. The largest absolute Gasteiger partial charge is 0.340 e. The fourth-order valence-corrected chi connectivity index (χ4v) is 3.12. The summed E-state index contributed by atoms with van der Waals surface area (Å²) in [6, 6.07) is 1.85. The van der Waals surface area contributed by atoms with Crippen molar-refractivity contribution in [3.8, 4) is 0 Å². The summed E-state index contributed by atoms with van der Waals surface area (Å²) in [6.07, 6.45) is 0. The van der Waals surface area contributed by atoms with Gasteiger partial charge in [-0.25, -0.2) is 0 Å². The van der Waals surface area contributed by atoms with Gasteiger partial charge in [-0.15, -0.1) is 11.3 Å². The lowest BCUT2D eigenvalue weighted by molar-refractivity contribution is 0.0791. The number of rotatable bonds is 4. The molecule has 3 nitrogen and oxygen atoms in total. The molecule has 1 aromatic heterocycles. The van der Waals surface area contributed by atoms with E-state index in [2.05, 4.69) is 36.8 Å². The third-order valence-electron chi connectivity index (χ3n) is 2.09. The molecule has 0 spiro atoms. The van der Waals surface area contributed by atoms with Crippen LogP contribution >= 0.6 is 43.2 Å². The van der Waals surface area contributed by atoms with Crippen LogP contribution in [0.2, 0.25) is 0 Å². The third kappa shape index (κ3) is 3.84. The van der Waals surface area contributed by atoms with Gasteiger partial charge >= 0.3 is 0 Å². The van der Waals surface area contributed by atoms with Crippen LogP contribution in [0.3, 0.4) is 0 Å². The quantitative estimate of drug-likeness (QED) is 0.814. The molecule has 6 heteroatoms. The molecule has 0 saturated carbocycles. The Morgan fingerprint density at radius 1 is 1.31 bits per heavy atom. The molecule has 0 unspecified atom stereocenters. The molecule has 1 aromatic rings. The molecule has 0 saturated heterocycles. The summed E-state index contributed by atoms with van der Waals surface area (Å²) in [7, 11) is 5.82. The Balaban J connectivity index is 2.63. The lowest BCUT2D eigenvalue weighted by Gasteiger charge is -2.18. The number of thiophene rings is 1. The summed E-state index contributed by atoms with van der Waals surface area (Å²) < 4.78 is 1.89. The zero-order chi connectivity index (χ0) is 12.3. The van der Waals surface area contributed by atoms with Gasteiger partial charge in [-0.2, -0.15) is 0 Å². The molecule has 90 valence electrons. The average Bonchev–Trinajstić information content (AvgIpc) is 2.54. The van der Waals surface area contributed by atoms with Gasteiger partial charge in [0.15, 0.2) is 0 Å². The van der Waals surface area contributed by atoms with Crippen molar-refractivity contribution < 1.29 is 4.79 Å². The van der Waals surface area contributed by atoms with E-state index in [1.54, 1.807) is 4.90 Å². The van der Waals surface area contributed by atoms with Crippen molar-refractivity contribution in [2.45, 2.75) is 0 Å². The van der Waals surface area contributed by atoms with Gasteiger partial charge in [-0.3, -0.25) is 4.79 Å². The summed E-state index contributed by atoms with van der Waals surface area (Å²) >= 11 is 8.22. The molecule has 0 fully saturated rings. The number of carbonyl (C=O) groups is 1. The van der Waals surface area contributed by atoms with Gasteiger partial charge in [0.1, 0.15) is 0 Å². The van der Waals surface area contributed by atoms with E-state index in [0.717, 1.165) is 26.2 Å². The topological polar surface area (TPSA) is 23.6 Å². The van der Waals surface area contributed by atoms with Crippen molar-refractivity contribution >= 4 is 49.1 Å². The minimum absolute atomic E-state index is 0.0678. The number of amides is 1. The maximum absolute atomic E-state index is 12.0. The molecule has 0 bridgehead atoms. The molecule has 16 heavy (non-hydrogen) atoms. The van der Waals surface area contributed by atoms with Crippen molar-refractivity contribution in [1.82, 2.24) is 9.80 Å². The van der Waals surface area contributed by atoms with E-state index in [0.29, 0.717) is 0 Å². The highest BCUT2D eigenvalue weighted by Crippen LogP contribution is 2.32. The van der Waals surface area contributed by atoms with Crippen LogP contribution in [0.15, 0.2) is 14.3 Å². The second kappa shape index (κ2) is 6.14. The number of hydrogen-bond acceptors (Lipinski definition) is 3. The predicted molar refractivity (Wildman–Crippen MR) is 75.2 cm³/mol. The van der Waals surface area contributed by atoms with E-state index < -0.39 is 0 Å². The van der Waals surface area contributed by atoms with Crippen molar-refractivity contribution in [3.05, 3.63) is 19.2 Å². The van der Waals surface area contributed by atoms with Gasteiger partial charge in [0.2, 0.25) is 0 Å². The second-order valence-electron chi connectivity index (χ2n) is 3.76. The Labute approximate surface area is 117 Å². The predicted octanol–water partition coefficient (Wildman–Crippen LogP) is 2.91. The number of likely N-dealkylation sites (N-methyl/N-ethyl adjacent to an activating group) is 2. The maximum Gasteiger partial charge on any atom is 0.263 e. The summed E-state index contributed by atoms with van der Waals surface area (Å²) in [5, 5.41) is 0. The molecule has 1 rings (SSSR count). The van der Waals surface area contributed by atoms with E-state index in [9.17, 15) is 4.79 Å². The fraction of sp³-hybridized carbons (Fsp3) is 0.500. The Morgan fingerprint density at radius 3 is 2.38 bits per heavy atom. The van der Waals surface area contributed by atoms with Gasteiger partial charge in [0.05, 0.1) is 8.66 Å². The molecule has 0 radical (unpaired) electrons. The van der Waals surface area contributed by atoms with Crippen LogP contribution < -0.4 is 0 Å². The van der Waals surface area contributed by atoms with E-state index in [-0.39, 0.29) is 5.91 Å². The fourth-order valence-electron chi connectivity index (χ4n) is 1.09. The van der Waals surface area contributed by atoms with Crippen LogP contribution in [0.4, 0.5) is 0 Å². The van der Waals surface area contributed by atoms with Crippen LogP contribution in [0.1, 0.15) is 9.67 Å². The van der Waals surface area contributed by atoms with E-state index in [1.807, 2.05) is 27.2 Å².